The second-order valence-corrected chi connectivity index (χ2v) is 41.3. The molecule has 3 atom stereocenters. The predicted octanol–water partition coefficient (Wildman–Crippen LogP) is 9.35. The molecule has 590 valence electrons. The number of nitriles is 1. The first kappa shape index (κ1) is 85.7. The SMILES string of the molecule is CCOP1(=O)N=C(c2c(O)c(-c3cncs3)nn(CCC(C)(C)C)c2=O)Nc2ccc(NS(C)(=O)=O)cc21.CCOP1(=O)N=C(c2c(O)c(C(C)(C)C)nn(CCC(C)C)c2=O)Nc2ccc(NS(C)(=O)=O)cc21.CCOP1(=O)N=C(c2nn(CCC(C)(C)C)c(=O)c(C#N)c2O)Nc2ccc(NS(C)(=O)=O)cc21. The van der Waals surface area contributed by atoms with Crippen molar-refractivity contribution in [2.45, 2.75) is 141 Å². The maximum atomic E-state index is 14.0. The molecule has 35 nitrogen and oxygen atoms in total. The minimum atomic E-state index is -3.99. The van der Waals surface area contributed by atoms with Gasteiger partial charge in [0.1, 0.15) is 28.6 Å². The van der Waals surface area contributed by atoms with E-state index in [1.165, 1.54) is 81.5 Å². The van der Waals surface area contributed by atoms with Crippen molar-refractivity contribution in [1.82, 2.24) is 34.3 Å². The first-order valence-electron chi connectivity index (χ1n) is 34.0. The van der Waals surface area contributed by atoms with Crippen LogP contribution in [0.3, 0.4) is 0 Å². The monoisotopic (exact) mass is 1640 g/mol. The van der Waals surface area contributed by atoms with E-state index in [4.69, 9.17) is 13.6 Å². The van der Waals surface area contributed by atoms with Crippen LogP contribution in [0.25, 0.3) is 10.6 Å². The topological polar surface area (TPSA) is 493 Å². The van der Waals surface area contributed by atoms with E-state index in [-0.39, 0.29) is 128 Å². The zero-order chi connectivity index (χ0) is 81.1. The highest BCUT2D eigenvalue weighted by atomic mass is 32.2. The van der Waals surface area contributed by atoms with E-state index in [9.17, 15) is 73.9 Å². The van der Waals surface area contributed by atoms with Crippen molar-refractivity contribution in [3.05, 3.63) is 125 Å². The number of amidine groups is 3. The summed E-state index contributed by atoms with van der Waals surface area (Å²) in [6, 6.07) is 14.7. The van der Waals surface area contributed by atoms with E-state index in [0.717, 1.165) is 23.4 Å². The number of nitrogens with one attached hydrogen (secondary N) is 6. The van der Waals surface area contributed by atoms with Gasteiger partial charge >= 0.3 is 22.6 Å². The third-order valence-electron chi connectivity index (χ3n) is 15.8. The van der Waals surface area contributed by atoms with E-state index in [0.29, 0.717) is 53.7 Å². The third kappa shape index (κ3) is 21.1. The molecular formula is C67H90N17O18P3S4. The lowest BCUT2D eigenvalue weighted by Gasteiger charge is -2.27. The quantitative estimate of drug-likeness (QED) is 0.0269. The van der Waals surface area contributed by atoms with Crippen LogP contribution in [0.1, 0.15) is 144 Å². The van der Waals surface area contributed by atoms with Gasteiger partial charge < -0.3 is 44.8 Å². The summed E-state index contributed by atoms with van der Waals surface area (Å²) in [6.45, 7) is 27.5. The molecule has 42 heteroatoms. The van der Waals surface area contributed by atoms with Gasteiger partial charge in [-0.3, -0.25) is 47.2 Å². The second kappa shape index (κ2) is 32.9. The first-order valence-corrected chi connectivity index (χ1v) is 45.3. The fourth-order valence-electron chi connectivity index (χ4n) is 10.7. The lowest BCUT2D eigenvalue weighted by atomic mass is 9.90. The lowest BCUT2D eigenvalue weighted by molar-refractivity contribution is 0.334. The summed E-state index contributed by atoms with van der Waals surface area (Å²) in [5.74, 6) is -1.55. The maximum absolute atomic E-state index is 14.0. The standard InChI is InChI=1S/C23H29N6O6PS2.C23H34N5O6PS.C21H27N6O6PS/c1-6-35-36(32)16-11-14(28-38(5,33)34)7-8-15(16)25-21(27-36)18-20(30)19(17-12-24-13-37-17)26-29(22(18)31)10-9-23(2,3)4;1-8-34-35(31)17-13-15(27-36(7,32)33)9-10-16(17)24-21(26-35)18-19(29)20(23(4,5)6)25-28(22(18)30)12-11-14(2)3;1-6-33-34(30)16-11-13(26-35(5,31)32)7-8-15(16)23-19(25-34)17-18(28)14(12-22)20(29)27(24-17)10-9-21(2,3)4/h7-8,11-13,28,30H,6,9-10H2,1-5H3,(H,25,27,32);9-10,13-14,27,29H,8,11-12H2,1-7H3,(H,24,26,31);7-8,11,26,28H,6,9-10H2,1-5H3,(H,23,25,30). The number of nitrogens with zero attached hydrogens (tertiary/aromatic N) is 11. The van der Waals surface area contributed by atoms with Crippen LogP contribution in [0.15, 0.2) is 95.0 Å². The minimum Gasteiger partial charge on any atom is -0.505 e. The molecule has 109 heavy (non-hydrogen) atoms. The van der Waals surface area contributed by atoms with Crippen molar-refractivity contribution in [3.8, 4) is 33.9 Å². The molecule has 9 N–H and O–H groups in total. The molecule has 0 amide bonds. The highest BCUT2D eigenvalue weighted by molar-refractivity contribution is 7.92. The molecule has 3 aromatic carbocycles. The van der Waals surface area contributed by atoms with Crippen LogP contribution < -0.4 is 62.7 Å². The van der Waals surface area contributed by atoms with Crippen LogP contribution in [0.2, 0.25) is 0 Å². The number of hydrogen-bond donors (Lipinski definition) is 9. The Labute approximate surface area is 635 Å². The fraction of sp³-hybridized carbons (Fsp3) is 0.448. The van der Waals surface area contributed by atoms with E-state index in [2.05, 4.69) is 64.7 Å². The Kier molecular flexibility index (Phi) is 25.9. The summed E-state index contributed by atoms with van der Waals surface area (Å²) in [5, 5.41) is 64.9. The molecule has 4 aromatic heterocycles. The lowest BCUT2D eigenvalue weighted by Crippen LogP contribution is -2.36. The largest absolute Gasteiger partial charge is 0.505 e. The van der Waals surface area contributed by atoms with E-state index in [1.807, 2.05) is 76.2 Å². The van der Waals surface area contributed by atoms with Gasteiger partial charge in [0.2, 0.25) is 30.1 Å². The summed E-state index contributed by atoms with van der Waals surface area (Å²) in [4.78, 5) is 44.4. The van der Waals surface area contributed by atoms with Crippen molar-refractivity contribution < 1.29 is 67.8 Å². The van der Waals surface area contributed by atoms with Crippen LogP contribution in [0.5, 0.6) is 17.2 Å². The zero-order valence-corrected chi connectivity index (χ0v) is 69.1. The van der Waals surface area contributed by atoms with Gasteiger partial charge in [-0.15, -0.1) is 11.3 Å². The van der Waals surface area contributed by atoms with Gasteiger partial charge in [-0.25, -0.2) is 39.3 Å². The predicted molar refractivity (Wildman–Crippen MR) is 424 cm³/mol. The molecule has 3 unspecified atom stereocenters. The molecule has 0 saturated carbocycles. The number of rotatable bonds is 23. The summed E-state index contributed by atoms with van der Waals surface area (Å²) in [5.41, 5.74) is -0.437. The normalized spacial score (nSPS) is 17.7. The molecule has 0 saturated heterocycles. The summed E-state index contributed by atoms with van der Waals surface area (Å²) in [7, 11) is -22.6. The number of sulfonamides is 3. The highest BCUT2D eigenvalue weighted by Gasteiger charge is 2.41. The average molecular weight is 1640 g/mol. The van der Waals surface area contributed by atoms with Crippen LogP contribution in [-0.2, 0) is 82.4 Å². The van der Waals surface area contributed by atoms with Crippen molar-refractivity contribution in [2.75, 3.05) is 68.7 Å². The van der Waals surface area contributed by atoms with Crippen LogP contribution >= 0.6 is 33.9 Å². The molecule has 7 aromatic rings. The molecule has 0 spiro atoms. The Morgan fingerprint density at radius 2 is 0.927 bits per heavy atom. The Hall–Kier alpha value is -8.95. The molecule has 0 aliphatic carbocycles. The second-order valence-electron chi connectivity index (χ2n) is 29.2. The number of aryl methyl sites for hydroxylation is 3. The number of aromatic hydroxyl groups is 3. The number of fused-ring (bicyclic) bond motifs is 3. The Morgan fingerprint density at radius 3 is 1.28 bits per heavy atom. The molecular weight excluding hydrogens is 1550 g/mol. The molecule has 0 fully saturated rings. The van der Waals surface area contributed by atoms with Gasteiger partial charge in [-0.1, -0.05) is 76.2 Å². The van der Waals surface area contributed by atoms with Crippen molar-refractivity contribution in [2.24, 2.45) is 31.0 Å². The summed E-state index contributed by atoms with van der Waals surface area (Å²) < 4.78 is 152. The number of hydrogen-bond acceptors (Lipinski definition) is 27. The minimum absolute atomic E-state index is 0.0190. The van der Waals surface area contributed by atoms with Crippen LogP contribution in [0, 0.1) is 28.1 Å². The maximum Gasteiger partial charge on any atom is 0.348 e. The van der Waals surface area contributed by atoms with Crippen molar-refractivity contribution >= 4 is 132 Å². The average Bonchev–Trinajstić information content (AvgIpc) is 0.924. The summed E-state index contributed by atoms with van der Waals surface area (Å²) in [6.07, 6.45) is 6.40. The van der Waals surface area contributed by atoms with Gasteiger partial charge in [0, 0.05) is 48.3 Å². The highest BCUT2D eigenvalue weighted by Crippen LogP contribution is 2.55. The van der Waals surface area contributed by atoms with E-state index in [1.54, 1.807) is 32.4 Å². The number of anilines is 6. The number of thiazole rings is 1. The smallest absolute Gasteiger partial charge is 0.348 e. The van der Waals surface area contributed by atoms with Crippen LogP contribution in [0.4, 0.5) is 34.1 Å². The Morgan fingerprint density at radius 1 is 0.550 bits per heavy atom. The van der Waals surface area contributed by atoms with E-state index >= 15 is 0 Å². The molecule has 3 aliphatic rings. The Bertz CT molecular complexity index is 5540. The van der Waals surface area contributed by atoms with Gasteiger partial charge in [0.25, 0.3) is 16.7 Å². The molecule has 3 aliphatic heterocycles. The third-order valence-corrected chi connectivity index (χ3v) is 24.6. The number of benzene rings is 3. The van der Waals surface area contributed by atoms with Crippen molar-refractivity contribution in [1.29, 1.82) is 5.26 Å². The fourth-order valence-corrected chi connectivity index (χ4v) is 18.4. The van der Waals surface area contributed by atoms with Gasteiger partial charge in [-0.2, -0.15) is 34.8 Å². The molecule has 10 rings (SSSR count). The zero-order valence-electron chi connectivity index (χ0n) is 63.2. The molecule has 7 heterocycles. The van der Waals surface area contributed by atoms with Crippen LogP contribution in [-0.4, -0.2) is 131 Å². The first-order chi connectivity index (χ1) is 50.4. The Balaban J connectivity index is 0.000000206. The summed E-state index contributed by atoms with van der Waals surface area (Å²) >= 11 is 1.24. The van der Waals surface area contributed by atoms with Gasteiger partial charge in [-0.05, 0) is 111 Å². The van der Waals surface area contributed by atoms with Crippen molar-refractivity contribution in [3.63, 3.8) is 0 Å². The van der Waals surface area contributed by atoms with E-state index < -0.39 is 91.8 Å². The van der Waals surface area contributed by atoms with Gasteiger partial charge in [0.05, 0.1) is 82.0 Å². The van der Waals surface area contributed by atoms with Gasteiger partial charge in [0.15, 0.2) is 46.0 Å². The molecule has 0 bridgehead atoms. The molecule has 0 radical (unpaired) electrons. The number of aromatic nitrogens is 7.